The zero-order chi connectivity index (χ0) is 12.7. The SMILES string of the molecule is COC1(CNC(=O)NCCC(=O)O)CCOC1. The highest BCUT2D eigenvalue weighted by Gasteiger charge is 2.35. The van der Waals surface area contributed by atoms with Gasteiger partial charge in [-0.05, 0) is 0 Å². The van der Waals surface area contributed by atoms with E-state index >= 15 is 0 Å². The fraction of sp³-hybridized carbons (Fsp3) is 0.800. The number of hydrogen-bond acceptors (Lipinski definition) is 4. The average Bonchev–Trinajstić information content (AvgIpc) is 2.75. The number of methoxy groups -OCH3 is 1. The summed E-state index contributed by atoms with van der Waals surface area (Å²) in [5.74, 6) is -0.942. The van der Waals surface area contributed by atoms with Crippen LogP contribution in [-0.2, 0) is 14.3 Å². The fourth-order valence-electron chi connectivity index (χ4n) is 1.55. The minimum atomic E-state index is -0.942. The molecule has 0 saturated carbocycles. The predicted octanol–water partition coefficient (Wildman–Crippen LogP) is -0.434. The lowest BCUT2D eigenvalue weighted by atomic mass is 10.0. The van der Waals surface area contributed by atoms with E-state index in [0.29, 0.717) is 19.8 Å². The molecule has 2 amide bonds. The van der Waals surface area contributed by atoms with Gasteiger partial charge in [0.2, 0.25) is 0 Å². The van der Waals surface area contributed by atoms with Crippen LogP contribution in [0.15, 0.2) is 0 Å². The Morgan fingerprint density at radius 3 is 2.76 bits per heavy atom. The van der Waals surface area contributed by atoms with Crippen molar-refractivity contribution >= 4 is 12.0 Å². The summed E-state index contributed by atoms with van der Waals surface area (Å²) in [7, 11) is 1.58. The Labute approximate surface area is 99.5 Å². The van der Waals surface area contributed by atoms with Gasteiger partial charge in [0.15, 0.2) is 0 Å². The smallest absolute Gasteiger partial charge is 0.314 e. The Balaban J connectivity index is 2.20. The third kappa shape index (κ3) is 4.58. The normalized spacial score (nSPS) is 23.4. The summed E-state index contributed by atoms with van der Waals surface area (Å²) in [5, 5.41) is 13.5. The van der Waals surface area contributed by atoms with Gasteiger partial charge in [0, 0.05) is 26.7 Å². The molecule has 0 bridgehead atoms. The highest BCUT2D eigenvalue weighted by atomic mass is 16.5. The molecule has 0 aromatic rings. The average molecular weight is 246 g/mol. The summed E-state index contributed by atoms with van der Waals surface area (Å²) in [6.45, 7) is 1.54. The van der Waals surface area contributed by atoms with Crippen molar-refractivity contribution in [1.82, 2.24) is 10.6 Å². The number of nitrogens with one attached hydrogen (secondary N) is 2. The summed E-state index contributed by atoms with van der Waals surface area (Å²) >= 11 is 0. The Morgan fingerprint density at radius 2 is 2.24 bits per heavy atom. The Hall–Kier alpha value is -1.34. The molecule has 0 aromatic heterocycles. The number of aliphatic carboxylic acids is 1. The van der Waals surface area contributed by atoms with Crippen LogP contribution in [0.2, 0.25) is 0 Å². The van der Waals surface area contributed by atoms with Crippen LogP contribution in [0, 0.1) is 0 Å². The van der Waals surface area contributed by atoms with Gasteiger partial charge < -0.3 is 25.2 Å². The first-order chi connectivity index (χ1) is 8.08. The molecule has 1 aliphatic heterocycles. The fourth-order valence-corrected chi connectivity index (χ4v) is 1.55. The van der Waals surface area contributed by atoms with Gasteiger partial charge in [0.1, 0.15) is 5.60 Å². The van der Waals surface area contributed by atoms with E-state index in [9.17, 15) is 9.59 Å². The highest BCUT2D eigenvalue weighted by Crippen LogP contribution is 2.21. The third-order valence-corrected chi connectivity index (χ3v) is 2.70. The van der Waals surface area contributed by atoms with Crippen LogP contribution in [0.1, 0.15) is 12.8 Å². The van der Waals surface area contributed by atoms with Crippen molar-refractivity contribution in [2.75, 3.05) is 33.4 Å². The number of carbonyl (C=O) groups excluding carboxylic acids is 1. The second kappa shape index (κ2) is 6.41. The maximum Gasteiger partial charge on any atom is 0.314 e. The number of rotatable bonds is 6. The van der Waals surface area contributed by atoms with Crippen molar-refractivity contribution in [1.29, 1.82) is 0 Å². The minimum absolute atomic E-state index is 0.0913. The van der Waals surface area contributed by atoms with Crippen LogP contribution < -0.4 is 10.6 Å². The molecule has 1 heterocycles. The van der Waals surface area contributed by atoms with Crippen molar-refractivity contribution in [2.24, 2.45) is 0 Å². The first-order valence-corrected chi connectivity index (χ1v) is 5.44. The van der Waals surface area contributed by atoms with Crippen LogP contribution in [-0.4, -0.2) is 56.1 Å². The van der Waals surface area contributed by atoms with Gasteiger partial charge in [-0.25, -0.2) is 4.79 Å². The highest BCUT2D eigenvalue weighted by molar-refractivity contribution is 5.75. The number of carbonyl (C=O) groups is 2. The minimum Gasteiger partial charge on any atom is -0.481 e. The molecule has 0 aliphatic carbocycles. The van der Waals surface area contributed by atoms with Crippen LogP contribution in [0.3, 0.4) is 0 Å². The zero-order valence-corrected chi connectivity index (χ0v) is 9.82. The van der Waals surface area contributed by atoms with E-state index in [1.165, 1.54) is 0 Å². The van der Waals surface area contributed by atoms with E-state index in [1.807, 2.05) is 0 Å². The quantitative estimate of drug-likeness (QED) is 0.590. The largest absolute Gasteiger partial charge is 0.481 e. The Kier molecular flexibility index (Phi) is 5.17. The van der Waals surface area contributed by atoms with E-state index in [4.69, 9.17) is 14.6 Å². The number of carboxylic acids is 1. The van der Waals surface area contributed by atoms with E-state index in [-0.39, 0.29) is 13.0 Å². The zero-order valence-electron chi connectivity index (χ0n) is 9.82. The molecular formula is C10H18N2O5. The number of urea groups is 1. The van der Waals surface area contributed by atoms with E-state index in [0.717, 1.165) is 6.42 Å². The molecule has 1 unspecified atom stereocenters. The Morgan fingerprint density at radius 1 is 1.47 bits per heavy atom. The molecule has 1 fully saturated rings. The molecule has 1 saturated heterocycles. The molecule has 3 N–H and O–H groups in total. The number of carboxylic acid groups (broad SMARTS) is 1. The molecule has 0 radical (unpaired) electrons. The van der Waals surface area contributed by atoms with Crippen molar-refractivity contribution in [3.63, 3.8) is 0 Å². The molecule has 7 heteroatoms. The third-order valence-electron chi connectivity index (χ3n) is 2.70. The van der Waals surface area contributed by atoms with Gasteiger partial charge in [-0.3, -0.25) is 4.79 Å². The lowest BCUT2D eigenvalue weighted by Gasteiger charge is -2.25. The van der Waals surface area contributed by atoms with Crippen molar-refractivity contribution < 1.29 is 24.2 Å². The molecule has 17 heavy (non-hydrogen) atoms. The van der Waals surface area contributed by atoms with Crippen LogP contribution in [0.4, 0.5) is 4.79 Å². The van der Waals surface area contributed by atoms with Crippen LogP contribution in [0.5, 0.6) is 0 Å². The standard InChI is InChI=1S/C10H18N2O5/c1-16-10(3-5-17-7-10)6-12-9(15)11-4-2-8(13)14/h2-7H2,1H3,(H,13,14)(H2,11,12,15). The summed E-state index contributed by atoms with van der Waals surface area (Å²) in [5.41, 5.74) is -0.454. The lowest BCUT2D eigenvalue weighted by Crippen LogP contribution is -2.48. The van der Waals surface area contributed by atoms with Crippen molar-refractivity contribution in [3.05, 3.63) is 0 Å². The second-order valence-electron chi connectivity index (χ2n) is 3.94. The molecule has 1 aliphatic rings. The van der Waals surface area contributed by atoms with Gasteiger partial charge >= 0.3 is 12.0 Å². The second-order valence-corrected chi connectivity index (χ2v) is 3.94. The summed E-state index contributed by atoms with van der Waals surface area (Å²) in [6, 6.07) is -0.394. The molecule has 0 spiro atoms. The summed E-state index contributed by atoms with van der Waals surface area (Å²) in [6.07, 6.45) is 0.644. The lowest BCUT2D eigenvalue weighted by molar-refractivity contribution is -0.136. The first-order valence-electron chi connectivity index (χ1n) is 5.44. The maximum atomic E-state index is 11.3. The number of amides is 2. The monoisotopic (exact) mass is 246 g/mol. The van der Waals surface area contributed by atoms with Crippen molar-refractivity contribution in [3.8, 4) is 0 Å². The summed E-state index contributed by atoms with van der Waals surface area (Å²) < 4.78 is 10.6. The van der Waals surface area contributed by atoms with Crippen LogP contribution >= 0.6 is 0 Å². The van der Waals surface area contributed by atoms with Gasteiger partial charge in [-0.1, -0.05) is 0 Å². The number of ether oxygens (including phenoxy) is 2. The molecule has 7 nitrogen and oxygen atoms in total. The van der Waals surface area contributed by atoms with Gasteiger partial charge in [0.25, 0.3) is 0 Å². The van der Waals surface area contributed by atoms with Gasteiger partial charge in [-0.2, -0.15) is 0 Å². The summed E-state index contributed by atoms with van der Waals surface area (Å²) in [4.78, 5) is 21.6. The van der Waals surface area contributed by atoms with Crippen molar-refractivity contribution in [2.45, 2.75) is 18.4 Å². The number of hydrogen-bond donors (Lipinski definition) is 3. The predicted molar refractivity (Wildman–Crippen MR) is 58.8 cm³/mol. The first kappa shape index (κ1) is 13.7. The van der Waals surface area contributed by atoms with Crippen LogP contribution in [0.25, 0.3) is 0 Å². The van der Waals surface area contributed by atoms with E-state index in [1.54, 1.807) is 7.11 Å². The molecule has 1 atom stereocenters. The van der Waals surface area contributed by atoms with E-state index < -0.39 is 17.6 Å². The van der Waals surface area contributed by atoms with E-state index in [2.05, 4.69) is 10.6 Å². The van der Waals surface area contributed by atoms with Gasteiger partial charge in [0.05, 0.1) is 19.6 Å². The molecular weight excluding hydrogens is 228 g/mol. The van der Waals surface area contributed by atoms with Gasteiger partial charge in [-0.15, -0.1) is 0 Å². The molecule has 1 rings (SSSR count). The molecule has 0 aromatic carbocycles. The maximum absolute atomic E-state index is 11.3. The topological polar surface area (TPSA) is 96.9 Å². The Bertz CT molecular complexity index is 276. The molecule has 98 valence electrons.